The highest BCUT2D eigenvalue weighted by molar-refractivity contribution is 7.98. The molecule has 0 fully saturated rings. The molecule has 0 saturated carbocycles. The molecule has 4 rings (SSSR count). The normalized spacial score (nSPS) is 11.1. The maximum atomic E-state index is 12.5. The third-order valence-corrected chi connectivity index (χ3v) is 5.52. The van der Waals surface area contributed by atoms with Crippen molar-refractivity contribution in [2.24, 2.45) is 0 Å². The van der Waals surface area contributed by atoms with E-state index in [9.17, 15) is 9.59 Å². The van der Waals surface area contributed by atoms with Gasteiger partial charge in [0.2, 0.25) is 5.76 Å². The fourth-order valence-corrected chi connectivity index (χ4v) is 3.66. The number of benzene rings is 1. The molecule has 0 aliphatic carbocycles. The van der Waals surface area contributed by atoms with Crippen LogP contribution < -0.4 is 5.56 Å². The molecule has 148 valence electrons. The first kappa shape index (κ1) is 19.0. The fourth-order valence-electron chi connectivity index (χ4n) is 2.91. The molecule has 0 saturated heterocycles. The van der Waals surface area contributed by atoms with Crippen molar-refractivity contribution in [2.75, 3.05) is 7.11 Å². The van der Waals surface area contributed by atoms with Gasteiger partial charge in [0.1, 0.15) is 11.1 Å². The summed E-state index contributed by atoms with van der Waals surface area (Å²) in [6.45, 7) is 4.04. The van der Waals surface area contributed by atoms with Crippen molar-refractivity contribution in [2.45, 2.75) is 24.8 Å². The predicted molar refractivity (Wildman–Crippen MR) is 109 cm³/mol. The quantitative estimate of drug-likeness (QED) is 0.305. The molecule has 0 amide bonds. The van der Waals surface area contributed by atoms with E-state index in [4.69, 9.17) is 4.42 Å². The maximum Gasteiger partial charge on any atom is 0.373 e. The van der Waals surface area contributed by atoms with Crippen molar-refractivity contribution >= 4 is 28.8 Å². The molecule has 29 heavy (non-hydrogen) atoms. The number of H-pyrrole nitrogens is 1. The van der Waals surface area contributed by atoms with Crippen LogP contribution in [0.5, 0.6) is 0 Å². The molecule has 0 radical (unpaired) electrons. The number of methoxy groups -OCH3 is 1. The number of carbonyl (C=O) groups excluding carboxylic acids is 1. The smallest absolute Gasteiger partial charge is 0.373 e. The Bertz CT molecular complexity index is 1270. The highest BCUT2D eigenvalue weighted by Gasteiger charge is 2.15. The van der Waals surface area contributed by atoms with Gasteiger partial charge in [0.05, 0.1) is 24.7 Å². The second-order valence-corrected chi connectivity index (χ2v) is 7.39. The van der Waals surface area contributed by atoms with Crippen LogP contribution >= 0.6 is 11.8 Å². The third kappa shape index (κ3) is 3.56. The number of thioether (sulfide) groups is 1. The van der Waals surface area contributed by atoms with E-state index in [0.29, 0.717) is 27.7 Å². The van der Waals surface area contributed by atoms with Crippen LogP contribution in [0.25, 0.3) is 16.7 Å². The standard InChI is InChI=1S/C20H18N4O4S/c1-11-5-4-6-15(12(11)2)24-17-14(9-21-24)18(25)23-20(22-17)29-10-13-7-8-16(28-13)19(26)27-3/h4-9H,10H2,1-3H3,(H,22,23,25). The van der Waals surface area contributed by atoms with E-state index in [0.717, 1.165) is 16.8 Å². The lowest BCUT2D eigenvalue weighted by Gasteiger charge is -2.09. The van der Waals surface area contributed by atoms with E-state index in [-0.39, 0.29) is 11.3 Å². The Morgan fingerprint density at radius 1 is 1.28 bits per heavy atom. The van der Waals surface area contributed by atoms with Gasteiger partial charge in [-0.25, -0.2) is 14.5 Å². The molecule has 9 heteroatoms. The van der Waals surface area contributed by atoms with Crippen LogP contribution in [0.2, 0.25) is 0 Å². The molecule has 1 N–H and O–H groups in total. The van der Waals surface area contributed by atoms with E-state index in [2.05, 4.69) is 19.8 Å². The van der Waals surface area contributed by atoms with Crippen LogP contribution in [0.15, 0.2) is 50.9 Å². The van der Waals surface area contributed by atoms with Gasteiger partial charge in [-0.2, -0.15) is 5.10 Å². The van der Waals surface area contributed by atoms with Gasteiger partial charge < -0.3 is 14.1 Å². The van der Waals surface area contributed by atoms with Crippen molar-refractivity contribution in [3.63, 3.8) is 0 Å². The molecule has 0 bridgehead atoms. The summed E-state index contributed by atoms with van der Waals surface area (Å²) in [6.07, 6.45) is 1.52. The highest BCUT2D eigenvalue weighted by atomic mass is 32.2. The Morgan fingerprint density at radius 2 is 2.10 bits per heavy atom. The van der Waals surface area contributed by atoms with Crippen LogP contribution in [-0.2, 0) is 10.5 Å². The summed E-state index contributed by atoms with van der Waals surface area (Å²) in [7, 11) is 1.29. The van der Waals surface area contributed by atoms with Gasteiger partial charge in [-0.3, -0.25) is 4.79 Å². The van der Waals surface area contributed by atoms with Crippen molar-refractivity contribution < 1.29 is 13.9 Å². The summed E-state index contributed by atoms with van der Waals surface area (Å²) in [5, 5.41) is 5.23. The first-order chi connectivity index (χ1) is 14.0. The van der Waals surface area contributed by atoms with E-state index < -0.39 is 5.97 Å². The number of rotatable bonds is 5. The molecule has 0 aliphatic heterocycles. The second-order valence-electron chi connectivity index (χ2n) is 6.43. The van der Waals surface area contributed by atoms with Crippen molar-refractivity contribution in [1.82, 2.24) is 19.7 Å². The number of ether oxygens (including phenoxy) is 1. The van der Waals surface area contributed by atoms with Crippen LogP contribution in [0, 0.1) is 13.8 Å². The molecular formula is C20H18N4O4S. The largest absolute Gasteiger partial charge is 0.463 e. The molecule has 0 aliphatic rings. The summed E-state index contributed by atoms with van der Waals surface area (Å²) in [6, 6.07) is 9.16. The Labute approximate surface area is 169 Å². The van der Waals surface area contributed by atoms with E-state index in [1.807, 2.05) is 32.0 Å². The lowest BCUT2D eigenvalue weighted by atomic mass is 10.1. The Kier molecular flexibility index (Phi) is 4.98. The Balaban J connectivity index is 1.66. The van der Waals surface area contributed by atoms with Crippen LogP contribution in [0.1, 0.15) is 27.4 Å². The minimum absolute atomic E-state index is 0.132. The number of fused-ring (bicyclic) bond motifs is 1. The molecule has 3 heterocycles. The molecule has 0 spiro atoms. The number of aromatic amines is 1. The van der Waals surface area contributed by atoms with E-state index in [1.165, 1.54) is 25.1 Å². The second kappa shape index (κ2) is 7.59. The average molecular weight is 410 g/mol. The molecule has 0 unspecified atom stereocenters. The van der Waals surface area contributed by atoms with Gasteiger partial charge in [-0.05, 0) is 43.2 Å². The summed E-state index contributed by atoms with van der Waals surface area (Å²) in [5.74, 6) is 0.559. The average Bonchev–Trinajstić information content (AvgIpc) is 3.35. The number of esters is 1. The summed E-state index contributed by atoms with van der Waals surface area (Å²) >= 11 is 1.30. The fraction of sp³-hybridized carbons (Fsp3) is 0.200. The summed E-state index contributed by atoms with van der Waals surface area (Å²) in [5.41, 5.74) is 3.30. The number of carbonyl (C=O) groups is 1. The van der Waals surface area contributed by atoms with E-state index >= 15 is 0 Å². The van der Waals surface area contributed by atoms with Crippen molar-refractivity contribution in [3.8, 4) is 5.69 Å². The van der Waals surface area contributed by atoms with Gasteiger partial charge in [0.25, 0.3) is 5.56 Å². The van der Waals surface area contributed by atoms with E-state index in [1.54, 1.807) is 16.8 Å². The summed E-state index contributed by atoms with van der Waals surface area (Å²) in [4.78, 5) is 31.3. The van der Waals surface area contributed by atoms with Gasteiger partial charge in [-0.1, -0.05) is 23.9 Å². The van der Waals surface area contributed by atoms with Gasteiger partial charge in [-0.15, -0.1) is 0 Å². The van der Waals surface area contributed by atoms with Gasteiger partial charge in [0.15, 0.2) is 10.8 Å². The maximum absolute atomic E-state index is 12.5. The first-order valence-corrected chi connectivity index (χ1v) is 9.81. The third-order valence-electron chi connectivity index (χ3n) is 4.62. The molecule has 8 nitrogen and oxygen atoms in total. The number of nitrogens with one attached hydrogen (secondary N) is 1. The van der Waals surface area contributed by atoms with Crippen LogP contribution in [0.4, 0.5) is 0 Å². The predicted octanol–water partition coefficient (Wildman–Crippen LogP) is 3.40. The zero-order valence-corrected chi connectivity index (χ0v) is 16.9. The molecule has 3 aromatic heterocycles. The molecule has 4 aromatic rings. The molecular weight excluding hydrogens is 392 g/mol. The van der Waals surface area contributed by atoms with Gasteiger partial charge >= 0.3 is 5.97 Å². The SMILES string of the molecule is COC(=O)c1ccc(CSc2nc3c(cnn3-c3cccc(C)c3C)c(=O)[nH]2)o1. The van der Waals surface area contributed by atoms with Crippen molar-refractivity contribution in [3.05, 3.63) is 69.5 Å². The number of nitrogens with zero attached hydrogens (tertiary/aromatic N) is 3. The number of aromatic nitrogens is 4. The summed E-state index contributed by atoms with van der Waals surface area (Å²) < 4.78 is 11.8. The lowest BCUT2D eigenvalue weighted by Crippen LogP contribution is -2.10. The minimum Gasteiger partial charge on any atom is -0.463 e. The van der Waals surface area contributed by atoms with Gasteiger partial charge in [0, 0.05) is 0 Å². The topological polar surface area (TPSA) is 103 Å². The highest BCUT2D eigenvalue weighted by Crippen LogP contribution is 2.24. The number of furan rings is 1. The number of hydrogen-bond acceptors (Lipinski definition) is 7. The first-order valence-electron chi connectivity index (χ1n) is 8.82. The molecule has 0 atom stereocenters. The zero-order chi connectivity index (χ0) is 20.5. The number of aryl methyl sites for hydroxylation is 1. The zero-order valence-electron chi connectivity index (χ0n) is 16.1. The Morgan fingerprint density at radius 3 is 2.90 bits per heavy atom. The van der Waals surface area contributed by atoms with Crippen LogP contribution in [-0.4, -0.2) is 32.8 Å². The Hall–Kier alpha value is -3.33. The number of hydrogen-bond donors (Lipinski definition) is 1. The van der Waals surface area contributed by atoms with Crippen LogP contribution in [0.3, 0.4) is 0 Å². The van der Waals surface area contributed by atoms with Crippen molar-refractivity contribution in [1.29, 1.82) is 0 Å². The minimum atomic E-state index is -0.536. The monoisotopic (exact) mass is 410 g/mol. The molecule has 1 aromatic carbocycles. The lowest BCUT2D eigenvalue weighted by molar-refractivity contribution is 0.0563.